The van der Waals surface area contributed by atoms with E-state index >= 15 is 0 Å². The van der Waals surface area contributed by atoms with Crippen molar-refractivity contribution in [1.82, 2.24) is 5.32 Å². The van der Waals surface area contributed by atoms with Crippen LogP contribution in [0.15, 0.2) is 95.0 Å². The Morgan fingerprint density at radius 3 is 2.02 bits per heavy atom. The summed E-state index contributed by atoms with van der Waals surface area (Å²) in [5.41, 5.74) is 6.54. The number of nitrogens with one attached hydrogen (secondary N) is 1. The fourth-order valence-corrected chi connectivity index (χ4v) is 7.71. The van der Waals surface area contributed by atoms with Crippen LogP contribution in [0.3, 0.4) is 0 Å². The van der Waals surface area contributed by atoms with E-state index in [1.807, 2.05) is 55.5 Å². The Balaban J connectivity index is 1.36. The summed E-state index contributed by atoms with van der Waals surface area (Å²) in [7, 11) is 1.52. The Labute approximate surface area is 282 Å². The number of imide groups is 2. The first kappa shape index (κ1) is 30.7. The number of barbiturate groups is 1. The molecule has 1 fully saturated rings. The molecule has 47 heavy (non-hydrogen) atoms. The number of benzene rings is 4. The lowest BCUT2D eigenvalue weighted by Crippen LogP contribution is -2.54. The highest BCUT2D eigenvalue weighted by Crippen LogP contribution is 2.50. The van der Waals surface area contributed by atoms with Gasteiger partial charge in [-0.25, -0.2) is 9.69 Å². The number of hydrogen-bond donors (Lipinski definition) is 1. The zero-order valence-corrected chi connectivity index (χ0v) is 27.8. The standard InChI is InChI=1S/C38H34BrN3O5/c1-3-47-35-32(39)19-23(20-33(35)46-2)18-31-36(43)40-38(45)42(37(31)44)26-21-29-27(24-10-6-4-7-11-24)14-16-41-17-15-28(30(22-26)34(29)41)25-12-8-5-9-13-25/h4-13,18-22,27-28H,3,14-17H2,1-2H3,(H,40,43,45)/b31-18+/t27-,28+. The van der Waals surface area contributed by atoms with Gasteiger partial charge in [0.05, 0.1) is 23.9 Å². The Morgan fingerprint density at radius 2 is 1.47 bits per heavy atom. The molecule has 4 aromatic rings. The minimum Gasteiger partial charge on any atom is -0.493 e. The molecule has 7 rings (SSSR count). The molecule has 3 aliphatic rings. The van der Waals surface area contributed by atoms with Gasteiger partial charge in [-0.3, -0.25) is 14.9 Å². The van der Waals surface area contributed by atoms with Crippen molar-refractivity contribution in [2.24, 2.45) is 0 Å². The van der Waals surface area contributed by atoms with Crippen molar-refractivity contribution in [3.63, 3.8) is 0 Å². The van der Waals surface area contributed by atoms with Crippen LogP contribution in [0.5, 0.6) is 11.5 Å². The van der Waals surface area contributed by atoms with Crippen LogP contribution in [0, 0.1) is 0 Å². The molecule has 0 saturated carbocycles. The van der Waals surface area contributed by atoms with Crippen LogP contribution in [-0.2, 0) is 9.59 Å². The molecule has 3 heterocycles. The lowest BCUT2D eigenvalue weighted by atomic mass is 9.76. The average Bonchev–Trinajstić information content (AvgIpc) is 3.08. The first-order chi connectivity index (χ1) is 22.9. The van der Waals surface area contributed by atoms with Gasteiger partial charge in [-0.1, -0.05) is 60.7 Å². The number of anilines is 2. The van der Waals surface area contributed by atoms with Gasteiger partial charge in [-0.05, 0) is 93.9 Å². The number of methoxy groups -OCH3 is 1. The van der Waals surface area contributed by atoms with Crippen molar-refractivity contribution >= 4 is 51.2 Å². The summed E-state index contributed by atoms with van der Waals surface area (Å²) < 4.78 is 11.8. The van der Waals surface area contributed by atoms with Crippen LogP contribution in [0.25, 0.3) is 6.08 Å². The van der Waals surface area contributed by atoms with Gasteiger partial charge in [0, 0.05) is 30.6 Å². The molecule has 9 heteroatoms. The quantitative estimate of drug-likeness (QED) is 0.161. The zero-order valence-electron chi connectivity index (χ0n) is 26.2. The zero-order chi connectivity index (χ0) is 32.7. The van der Waals surface area contributed by atoms with Crippen LogP contribution in [0.4, 0.5) is 16.2 Å². The van der Waals surface area contributed by atoms with Gasteiger partial charge in [0.25, 0.3) is 11.8 Å². The SMILES string of the molecule is CCOc1c(Br)cc(/C=C2\C(=O)NC(=O)N(c3cc4c5c(c3)[C@H](c3ccccc3)CCN5CC[C@@H]4c3ccccc3)C2=O)cc1OC. The van der Waals surface area contributed by atoms with Crippen molar-refractivity contribution in [2.45, 2.75) is 31.6 Å². The molecule has 2 atom stereocenters. The molecule has 0 aliphatic carbocycles. The Kier molecular flexibility index (Phi) is 8.32. The van der Waals surface area contributed by atoms with E-state index in [1.54, 1.807) is 12.1 Å². The number of nitrogens with zero attached hydrogens (tertiary/aromatic N) is 2. The average molecular weight is 693 g/mol. The number of carbonyl (C=O) groups excluding carboxylic acids is 3. The summed E-state index contributed by atoms with van der Waals surface area (Å²) in [6, 6.07) is 27.4. The molecule has 8 nitrogen and oxygen atoms in total. The molecule has 4 aromatic carbocycles. The molecule has 1 N–H and O–H groups in total. The molecular formula is C38H34BrN3O5. The van der Waals surface area contributed by atoms with Gasteiger partial charge in [0.2, 0.25) is 0 Å². The third-order valence-corrected chi connectivity index (χ3v) is 9.80. The number of halogens is 1. The van der Waals surface area contributed by atoms with Gasteiger partial charge in [0.15, 0.2) is 11.5 Å². The molecule has 0 bridgehead atoms. The molecule has 0 radical (unpaired) electrons. The molecule has 1 saturated heterocycles. The van der Waals surface area contributed by atoms with E-state index in [1.165, 1.54) is 30.0 Å². The highest BCUT2D eigenvalue weighted by Gasteiger charge is 2.40. The van der Waals surface area contributed by atoms with Crippen LogP contribution in [0.2, 0.25) is 0 Å². The maximum atomic E-state index is 14.2. The lowest BCUT2D eigenvalue weighted by molar-refractivity contribution is -0.122. The Hall–Kier alpha value is -4.89. The van der Waals surface area contributed by atoms with E-state index in [2.05, 4.69) is 50.4 Å². The highest BCUT2D eigenvalue weighted by atomic mass is 79.9. The van der Waals surface area contributed by atoms with Gasteiger partial charge < -0.3 is 14.4 Å². The summed E-state index contributed by atoms with van der Waals surface area (Å²) in [5.74, 6) is -0.304. The molecular weight excluding hydrogens is 658 g/mol. The van der Waals surface area contributed by atoms with Crippen LogP contribution in [0.1, 0.15) is 59.4 Å². The maximum Gasteiger partial charge on any atom is 0.335 e. The predicted octanol–water partition coefficient (Wildman–Crippen LogP) is 7.40. The summed E-state index contributed by atoms with van der Waals surface area (Å²) in [6.45, 7) is 4.15. The first-order valence-electron chi connectivity index (χ1n) is 15.8. The Morgan fingerprint density at radius 1 is 0.872 bits per heavy atom. The lowest BCUT2D eigenvalue weighted by Gasteiger charge is -2.44. The molecule has 4 amide bonds. The second kappa shape index (κ2) is 12.7. The van der Waals surface area contributed by atoms with Crippen molar-refractivity contribution in [3.8, 4) is 11.5 Å². The number of rotatable bonds is 7. The van der Waals surface area contributed by atoms with Crippen molar-refractivity contribution in [3.05, 3.63) is 123 Å². The number of hydrogen-bond acceptors (Lipinski definition) is 6. The number of urea groups is 1. The van der Waals surface area contributed by atoms with E-state index in [4.69, 9.17) is 9.47 Å². The maximum absolute atomic E-state index is 14.2. The van der Waals surface area contributed by atoms with E-state index in [-0.39, 0.29) is 17.4 Å². The normalized spacial score (nSPS) is 19.8. The van der Waals surface area contributed by atoms with Crippen molar-refractivity contribution in [1.29, 1.82) is 0 Å². The third-order valence-electron chi connectivity index (χ3n) is 9.21. The van der Waals surface area contributed by atoms with Gasteiger partial charge in [-0.2, -0.15) is 0 Å². The van der Waals surface area contributed by atoms with Crippen LogP contribution < -0.4 is 24.6 Å². The van der Waals surface area contributed by atoms with E-state index in [0.717, 1.165) is 42.0 Å². The fraction of sp³-hybridized carbons (Fsp3) is 0.237. The number of carbonyl (C=O) groups is 3. The topological polar surface area (TPSA) is 88.2 Å². The minimum atomic E-state index is -0.772. The number of ether oxygens (including phenoxy) is 2. The number of amides is 4. The van der Waals surface area contributed by atoms with Crippen LogP contribution >= 0.6 is 15.9 Å². The summed E-state index contributed by atoms with van der Waals surface area (Å²) in [5, 5.41) is 2.41. The molecule has 0 unspecified atom stereocenters. The van der Waals surface area contributed by atoms with Gasteiger partial charge >= 0.3 is 6.03 Å². The van der Waals surface area contributed by atoms with Crippen molar-refractivity contribution in [2.75, 3.05) is 36.6 Å². The minimum absolute atomic E-state index is 0.0870. The second-order valence-corrected chi connectivity index (χ2v) is 12.7. The predicted molar refractivity (Wildman–Crippen MR) is 185 cm³/mol. The molecule has 0 aromatic heterocycles. The molecule has 0 spiro atoms. The second-order valence-electron chi connectivity index (χ2n) is 11.9. The van der Waals surface area contributed by atoms with E-state index in [9.17, 15) is 14.4 Å². The summed E-state index contributed by atoms with van der Waals surface area (Å²) in [6.07, 6.45) is 3.30. The van der Waals surface area contributed by atoms with Gasteiger partial charge in [-0.15, -0.1) is 0 Å². The fourth-order valence-electron chi connectivity index (χ4n) is 7.13. The first-order valence-corrected chi connectivity index (χ1v) is 16.6. The smallest absolute Gasteiger partial charge is 0.335 e. The Bertz CT molecular complexity index is 1840. The largest absolute Gasteiger partial charge is 0.493 e. The monoisotopic (exact) mass is 691 g/mol. The van der Waals surface area contributed by atoms with Gasteiger partial charge in [0.1, 0.15) is 5.57 Å². The molecule has 3 aliphatic heterocycles. The highest BCUT2D eigenvalue weighted by molar-refractivity contribution is 9.10. The van der Waals surface area contributed by atoms with Crippen molar-refractivity contribution < 1.29 is 23.9 Å². The van der Waals surface area contributed by atoms with Crippen LogP contribution in [-0.4, -0.2) is 44.7 Å². The van der Waals surface area contributed by atoms with E-state index < -0.39 is 17.8 Å². The summed E-state index contributed by atoms with van der Waals surface area (Å²) >= 11 is 3.52. The summed E-state index contributed by atoms with van der Waals surface area (Å²) in [4.78, 5) is 44.4. The van der Waals surface area contributed by atoms with E-state index in [0.29, 0.717) is 33.8 Å². The molecule has 238 valence electrons. The third kappa shape index (κ3) is 5.58.